The van der Waals surface area contributed by atoms with Crippen molar-refractivity contribution >= 4 is 6.03 Å². The maximum absolute atomic E-state index is 13.8. The number of urea groups is 1. The van der Waals surface area contributed by atoms with Crippen molar-refractivity contribution in [3.05, 3.63) is 35.1 Å². The summed E-state index contributed by atoms with van der Waals surface area (Å²) in [7, 11) is 0. The van der Waals surface area contributed by atoms with Crippen LogP contribution in [0.5, 0.6) is 0 Å². The van der Waals surface area contributed by atoms with Gasteiger partial charge < -0.3 is 16.0 Å². The SMILES string of the molecule is CC1CCCN(C(=O)NCc2ccc(CN)cc2F)C1. The molecule has 1 heterocycles. The van der Waals surface area contributed by atoms with Crippen LogP contribution in [0.3, 0.4) is 0 Å². The summed E-state index contributed by atoms with van der Waals surface area (Å²) in [5.41, 5.74) is 6.70. The van der Waals surface area contributed by atoms with E-state index < -0.39 is 0 Å². The van der Waals surface area contributed by atoms with Crippen molar-refractivity contribution in [3.8, 4) is 0 Å². The number of carbonyl (C=O) groups is 1. The Kier molecular flexibility index (Phi) is 4.95. The van der Waals surface area contributed by atoms with Crippen LogP contribution in [0.1, 0.15) is 30.9 Å². The first-order valence-electron chi connectivity index (χ1n) is 7.10. The van der Waals surface area contributed by atoms with Gasteiger partial charge in [0.25, 0.3) is 0 Å². The minimum Gasteiger partial charge on any atom is -0.334 e. The van der Waals surface area contributed by atoms with Crippen molar-refractivity contribution in [1.82, 2.24) is 10.2 Å². The summed E-state index contributed by atoms with van der Waals surface area (Å²) in [6, 6.07) is 4.77. The van der Waals surface area contributed by atoms with Gasteiger partial charge in [0.15, 0.2) is 0 Å². The number of rotatable bonds is 3. The van der Waals surface area contributed by atoms with Crippen LogP contribution in [0.2, 0.25) is 0 Å². The molecule has 1 atom stereocenters. The van der Waals surface area contributed by atoms with Crippen LogP contribution in [-0.4, -0.2) is 24.0 Å². The van der Waals surface area contributed by atoms with Gasteiger partial charge in [-0.25, -0.2) is 9.18 Å². The lowest BCUT2D eigenvalue weighted by molar-refractivity contribution is 0.169. The molecule has 2 amide bonds. The monoisotopic (exact) mass is 279 g/mol. The number of amides is 2. The molecule has 1 saturated heterocycles. The Labute approximate surface area is 119 Å². The van der Waals surface area contributed by atoms with E-state index in [-0.39, 0.29) is 18.4 Å². The lowest BCUT2D eigenvalue weighted by atomic mass is 10.0. The Morgan fingerprint density at radius 1 is 1.55 bits per heavy atom. The fourth-order valence-electron chi connectivity index (χ4n) is 2.52. The highest BCUT2D eigenvalue weighted by atomic mass is 19.1. The maximum Gasteiger partial charge on any atom is 0.317 e. The average Bonchev–Trinajstić information content (AvgIpc) is 2.45. The van der Waals surface area contributed by atoms with Gasteiger partial charge >= 0.3 is 6.03 Å². The summed E-state index contributed by atoms with van der Waals surface area (Å²) < 4.78 is 13.8. The molecule has 110 valence electrons. The Morgan fingerprint density at radius 2 is 2.35 bits per heavy atom. The van der Waals surface area contributed by atoms with Gasteiger partial charge in [0.05, 0.1) is 0 Å². The van der Waals surface area contributed by atoms with Gasteiger partial charge in [0.2, 0.25) is 0 Å². The molecule has 0 bridgehead atoms. The average molecular weight is 279 g/mol. The van der Waals surface area contributed by atoms with Crippen LogP contribution in [0.25, 0.3) is 0 Å². The fraction of sp³-hybridized carbons (Fsp3) is 0.533. The molecular formula is C15H22FN3O. The van der Waals surface area contributed by atoms with Crippen molar-refractivity contribution in [2.24, 2.45) is 11.7 Å². The van der Waals surface area contributed by atoms with Gasteiger partial charge in [0.1, 0.15) is 5.82 Å². The molecule has 1 aromatic carbocycles. The first-order valence-corrected chi connectivity index (χ1v) is 7.10. The van der Waals surface area contributed by atoms with Crippen LogP contribution in [0.15, 0.2) is 18.2 Å². The maximum atomic E-state index is 13.8. The van der Waals surface area contributed by atoms with E-state index >= 15 is 0 Å². The molecule has 0 spiro atoms. The quantitative estimate of drug-likeness (QED) is 0.891. The molecule has 1 fully saturated rings. The first kappa shape index (κ1) is 14.8. The van der Waals surface area contributed by atoms with Gasteiger partial charge in [0, 0.05) is 31.7 Å². The number of benzene rings is 1. The molecule has 3 N–H and O–H groups in total. The minimum absolute atomic E-state index is 0.112. The molecule has 0 radical (unpaired) electrons. The Hall–Kier alpha value is -1.62. The zero-order valence-corrected chi connectivity index (χ0v) is 11.9. The fourth-order valence-corrected chi connectivity index (χ4v) is 2.52. The Morgan fingerprint density at radius 3 is 3.00 bits per heavy atom. The molecule has 4 nitrogen and oxygen atoms in total. The van der Waals surface area contributed by atoms with Crippen LogP contribution in [-0.2, 0) is 13.1 Å². The molecular weight excluding hydrogens is 257 g/mol. The predicted octanol–water partition coefficient (Wildman–Crippen LogP) is 2.23. The lowest BCUT2D eigenvalue weighted by Crippen LogP contribution is -2.44. The summed E-state index contributed by atoms with van der Waals surface area (Å²) in [6.45, 7) is 4.23. The zero-order valence-electron chi connectivity index (χ0n) is 11.9. The van der Waals surface area contributed by atoms with E-state index in [9.17, 15) is 9.18 Å². The van der Waals surface area contributed by atoms with E-state index in [0.717, 1.165) is 25.1 Å². The van der Waals surface area contributed by atoms with E-state index in [1.165, 1.54) is 12.5 Å². The number of piperidine rings is 1. The summed E-state index contributed by atoms with van der Waals surface area (Å²) in [5.74, 6) is 0.218. The third-order valence-corrected chi connectivity index (χ3v) is 3.73. The molecule has 2 rings (SSSR count). The van der Waals surface area contributed by atoms with Gasteiger partial charge in [-0.3, -0.25) is 0 Å². The van der Waals surface area contributed by atoms with Gasteiger partial charge in [-0.05, 0) is 30.4 Å². The number of nitrogens with one attached hydrogen (secondary N) is 1. The number of nitrogens with zero attached hydrogens (tertiary/aromatic N) is 1. The van der Waals surface area contributed by atoms with Crippen molar-refractivity contribution in [2.45, 2.75) is 32.9 Å². The molecule has 1 aliphatic heterocycles. The highest BCUT2D eigenvalue weighted by Gasteiger charge is 2.20. The third-order valence-electron chi connectivity index (χ3n) is 3.73. The summed E-state index contributed by atoms with van der Waals surface area (Å²) >= 11 is 0. The van der Waals surface area contributed by atoms with E-state index in [2.05, 4.69) is 12.2 Å². The van der Waals surface area contributed by atoms with E-state index in [4.69, 9.17) is 5.73 Å². The second-order valence-electron chi connectivity index (χ2n) is 5.48. The topological polar surface area (TPSA) is 58.4 Å². The second kappa shape index (κ2) is 6.70. The van der Waals surface area contributed by atoms with Crippen LogP contribution >= 0.6 is 0 Å². The number of carbonyl (C=O) groups excluding carboxylic acids is 1. The first-order chi connectivity index (χ1) is 9.60. The van der Waals surface area contributed by atoms with Crippen molar-refractivity contribution in [2.75, 3.05) is 13.1 Å². The molecule has 0 aliphatic carbocycles. The highest BCUT2D eigenvalue weighted by molar-refractivity contribution is 5.74. The summed E-state index contributed by atoms with van der Waals surface area (Å²) in [6.07, 6.45) is 2.20. The second-order valence-corrected chi connectivity index (χ2v) is 5.48. The lowest BCUT2D eigenvalue weighted by Gasteiger charge is -2.31. The van der Waals surface area contributed by atoms with Gasteiger partial charge in [-0.1, -0.05) is 19.1 Å². The summed E-state index contributed by atoms with van der Waals surface area (Å²) in [4.78, 5) is 13.8. The molecule has 0 saturated carbocycles. The van der Waals surface area contributed by atoms with E-state index in [1.54, 1.807) is 17.0 Å². The largest absolute Gasteiger partial charge is 0.334 e. The molecule has 1 unspecified atom stereocenters. The Balaban J connectivity index is 1.89. The molecule has 0 aromatic heterocycles. The van der Waals surface area contributed by atoms with Crippen LogP contribution in [0.4, 0.5) is 9.18 Å². The third kappa shape index (κ3) is 3.70. The van der Waals surface area contributed by atoms with Crippen LogP contribution < -0.4 is 11.1 Å². The van der Waals surface area contributed by atoms with Crippen LogP contribution in [0, 0.1) is 11.7 Å². The van der Waals surface area contributed by atoms with E-state index in [1.807, 2.05) is 0 Å². The van der Waals surface area contributed by atoms with Crippen molar-refractivity contribution < 1.29 is 9.18 Å². The molecule has 20 heavy (non-hydrogen) atoms. The molecule has 1 aromatic rings. The standard InChI is InChI=1S/C15H22FN3O/c1-11-3-2-6-19(10-11)15(20)18-9-13-5-4-12(8-17)7-14(13)16/h4-5,7,11H,2-3,6,8-10,17H2,1H3,(H,18,20). The van der Waals surface area contributed by atoms with Gasteiger partial charge in [-0.2, -0.15) is 0 Å². The zero-order chi connectivity index (χ0) is 14.5. The number of nitrogens with two attached hydrogens (primary N) is 1. The van der Waals surface area contributed by atoms with E-state index in [0.29, 0.717) is 18.0 Å². The number of hydrogen-bond acceptors (Lipinski definition) is 2. The highest BCUT2D eigenvalue weighted by Crippen LogP contribution is 2.15. The molecule has 1 aliphatic rings. The predicted molar refractivity (Wildman–Crippen MR) is 76.5 cm³/mol. The number of likely N-dealkylation sites (tertiary alicyclic amines) is 1. The van der Waals surface area contributed by atoms with Crippen molar-refractivity contribution in [1.29, 1.82) is 0 Å². The van der Waals surface area contributed by atoms with Gasteiger partial charge in [-0.15, -0.1) is 0 Å². The number of hydrogen-bond donors (Lipinski definition) is 2. The number of halogens is 1. The van der Waals surface area contributed by atoms with Crippen molar-refractivity contribution in [3.63, 3.8) is 0 Å². The molecule has 5 heteroatoms. The summed E-state index contributed by atoms with van der Waals surface area (Å²) in [5, 5.41) is 2.78. The minimum atomic E-state index is -0.319. The Bertz CT molecular complexity index is 478. The smallest absolute Gasteiger partial charge is 0.317 e. The normalized spacial score (nSPS) is 18.9.